The van der Waals surface area contributed by atoms with Crippen molar-refractivity contribution in [1.82, 2.24) is 14.9 Å². The van der Waals surface area contributed by atoms with E-state index in [1.165, 1.54) is 12.3 Å². The molecular formula is C18H18FN7O2S. The monoisotopic (exact) mass is 415 g/mol. The lowest BCUT2D eigenvalue weighted by atomic mass is 10.2. The van der Waals surface area contributed by atoms with Crippen molar-refractivity contribution in [3.63, 3.8) is 0 Å². The van der Waals surface area contributed by atoms with Crippen LogP contribution in [0.25, 0.3) is 0 Å². The zero-order valence-electron chi connectivity index (χ0n) is 15.4. The zero-order chi connectivity index (χ0) is 20.6. The largest absolute Gasteiger partial charge is 0.497 e. The third-order valence-corrected chi connectivity index (χ3v) is 4.59. The molecule has 1 amide bonds. The predicted octanol–water partition coefficient (Wildman–Crippen LogP) is 2.32. The number of thioether (sulfide) groups is 1. The van der Waals surface area contributed by atoms with Gasteiger partial charge in [-0.2, -0.15) is 5.10 Å². The molecule has 2 aromatic carbocycles. The lowest BCUT2D eigenvalue weighted by Gasteiger charge is -2.06. The molecule has 0 radical (unpaired) electrons. The number of carbonyl (C=O) groups is 1. The van der Waals surface area contributed by atoms with Crippen LogP contribution in [0, 0.1) is 5.82 Å². The van der Waals surface area contributed by atoms with Crippen molar-refractivity contribution in [2.24, 2.45) is 5.10 Å². The van der Waals surface area contributed by atoms with E-state index in [-0.39, 0.29) is 17.6 Å². The SMILES string of the molecule is COc1ccc(NC(=O)CSc2nnc(N/N=C/c3ccccc3F)n2N)cc1. The molecule has 0 spiro atoms. The van der Waals surface area contributed by atoms with Gasteiger partial charge in [-0.15, -0.1) is 10.2 Å². The molecule has 0 unspecified atom stereocenters. The Morgan fingerprint density at radius 2 is 2.03 bits per heavy atom. The number of nitrogen functional groups attached to an aromatic ring is 1. The molecule has 0 aliphatic rings. The predicted molar refractivity (Wildman–Crippen MR) is 110 cm³/mol. The molecule has 4 N–H and O–H groups in total. The number of nitrogens with two attached hydrogens (primary N) is 1. The van der Waals surface area contributed by atoms with E-state index in [0.717, 1.165) is 16.4 Å². The number of nitrogens with zero attached hydrogens (tertiary/aromatic N) is 4. The van der Waals surface area contributed by atoms with Gasteiger partial charge in [0.05, 0.1) is 19.1 Å². The normalized spacial score (nSPS) is 10.8. The van der Waals surface area contributed by atoms with Gasteiger partial charge < -0.3 is 15.9 Å². The highest BCUT2D eigenvalue weighted by atomic mass is 32.2. The van der Waals surface area contributed by atoms with Crippen molar-refractivity contribution in [2.45, 2.75) is 5.16 Å². The average molecular weight is 415 g/mol. The molecule has 3 rings (SSSR count). The highest BCUT2D eigenvalue weighted by Gasteiger charge is 2.12. The quantitative estimate of drug-likeness (QED) is 0.223. The van der Waals surface area contributed by atoms with Gasteiger partial charge in [-0.25, -0.2) is 14.5 Å². The van der Waals surface area contributed by atoms with Crippen LogP contribution in [0.4, 0.5) is 16.0 Å². The number of methoxy groups -OCH3 is 1. The van der Waals surface area contributed by atoms with Crippen LogP contribution in [0.1, 0.15) is 5.56 Å². The summed E-state index contributed by atoms with van der Waals surface area (Å²) in [6, 6.07) is 13.2. The number of anilines is 2. The minimum atomic E-state index is -0.397. The summed E-state index contributed by atoms with van der Waals surface area (Å²) in [5.41, 5.74) is 3.55. The van der Waals surface area contributed by atoms with Gasteiger partial charge in [0.2, 0.25) is 11.1 Å². The van der Waals surface area contributed by atoms with Gasteiger partial charge in [-0.3, -0.25) is 4.79 Å². The van der Waals surface area contributed by atoms with Gasteiger partial charge in [-0.05, 0) is 30.3 Å². The standard InChI is InChI=1S/C18H18FN7O2S/c1-28-14-8-6-13(7-9-14)22-16(27)11-29-18-25-24-17(26(18)20)23-21-10-12-4-2-3-5-15(12)19/h2-10H,11,20H2,1H3,(H,22,27)(H,23,24)/b21-10+. The fourth-order valence-corrected chi connectivity index (χ4v) is 2.85. The summed E-state index contributed by atoms with van der Waals surface area (Å²) in [4.78, 5) is 12.1. The number of halogens is 1. The van der Waals surface area contributed by atoms with Crippen LogP contribution in [-0.2, 0) is 4.79 Å². The van der Waals surface area contributed by atoms with Crippen molar-refractivity contribution in [3.8, 4) is 5.75 Å². The van der Waals surface area contributed by atoms with E-state index in [0.29, 0.717) is 22.2 Å². The third-order valence-electron chi connectivity index (χ3n) is 3.64. The summed E-state index contributed by atoms with van der Waals surface area (Å²) in [6.07, 6.45) is 1.30. The Bertz CT molecular complexity index is 1010. The van der Waals surface area contributed by atoms with Gasteiger partial charge in [0.25, 0.3) is 5.95 Å². The summed E-state index contributed by atoms with van der Waals surface area (Å²) in [5.74, 6) is 6.21. The Balaban J connectivity index is 1.52. The smallest absolute Gasteiger partial charge is 0.264 e. The number of benzene rings is 2. The molecule has 0 atom stereocenters. The number of hydrogen-bond donors (Lipinski definition) is 3. The topological polar surface area (TPSA) is 119 Å². The molecule has 29 heavy (non-hydrogen) atoms. The Kier molecular flexibility index (Phi) is 6.63. The number of carbonyl (C=O) groups excluding carboxylic acids is 1. The van der Waals surface area contributed by atoms with Crippen molar-refractivity contribution in [1.29, 1.82) is 0 Å². The Morgan fingerprint density at radius 3 is 2.76 bits per heavy atom. The van der Waals surface area contributed by atoms with Crippen LogP contribution in [0.5, 0.6) is 5.75 Å². The lowest BCUT2D eigenvalue weighted by Crippen LogP contribution is -2.16. The summed E-state index contributed by atoms with van der Waals surface area (Å²) >= 11 is 1.11. The molecule has 150 valence electrons. The highest BCUT2D eigenvalue weighted by molar-refractivity contribution is 7.99. The number of nitrogens with one attached hydrogen (secondary N) is 2. The molecular weight excluding hydrogens is 397 g/mol. The van der Waals surface area contributed by atoms with E-state index < -0.39 is 5.82 Å². The van der Waals surface area contributed by atoms with Crippen LogP contribution < -0.4 is 21.3 Å². The van der Waals surface area contributed by atoms with Crippen LogP contribution in [0.3, 0.4) is 0 Å². The Labute approximate surface area is 170 Å². The number of amides is 1. The van der Waals surface area contributed by atoms with E-state index >= 15 is 0 Å². The number of aromatic nitrogens is 3. The summed E-state index contributed by atoms with van der Waals surface area (Å²) in [6.45, 7) is 0. The first-order valence-electron chi connectivity index (χ1n) is 8.37. The maximum atomic E-state index is 13.5. The molecule has 1 aromatic heterocycles. The molecule has 0 fully saturated rings. The lowest BCUT2D eigenvalue weighted by molar-refractivity contribution is -0.113. The molecule has 0 bridgehead atoms. The van der Waals surface area contributed by atoms with Crippen LogP contribution >= 0.6 is 11.8 Å². The minimum absolute atomic E-state index is 0.0832. The number of rotatable bonds is 8. The molecule has 0 saturated heterocycles. The Hall–Kier alpha value is -3.60. The third kappa shape index (κ3) is 5.45. The van der Waals surface area contributed by atoms with Crippen LogP contribution in [-0.4, -0.2) is 39.9 Å². The van der Waals surface area contributed by atoms with Crippen molar-refractivity contribution >= 4 is 35.5 Å². The maximum Gasteiger partial charge on any atom is 0.264 e. The summed E-state index contributed by atoms with van der Waals surface area (Å²) < 4.78 is 19.8. The summed E-state index contributed by atoms with van der Waals surface area (Å²) in [7, 11) is 1.57. The van der Waals surface area contributed by atoms with Crippen molar-refractivity contribution in [3.05, 3.63) is 59.9 Å². The zero-order valence-corrected chi connectivity index (χ0v) is 16.2. The van der Waals surface area contributed by atoms with Crippen molar-refractivity contribution < 1.29 is 13.9 Å². The van der Waals surface area contributed by atoms with Gasteiger partial charge in [0, 0.05) is 11.3 Å². The van der Waals surface area contributed by atoms with E-state index in [9.17, 15) is 9.18 Å². The second kappa shape index (κ2) is 9.55. The molecule has 1 heterocycles. The molecule has 0 aliphatic carbocycles. The van der Waals surface area contributed by atoms with E-state index in [2.05, 4.69) is 26.0 Å². The first kappa shape index (κ1) is 20.1. The fourth-order valence-electron chi connectivity index (χ4n) is 2.19. The number of hydrogen-bond acceptors (Lipinski definition) is 8. The maximum absolute atomic E-state index is 13.5. The molecule has 0 aliphatic heterocycles. The second-order valence-electron chi connectivity index (χ2n) is 5.63. The van der Waals surface area contributed by atoms with Crippen LogP contribution in [0.2, 0.25) is 0 Å². The van der Waals surface area contributed by atoms with E-state index in [1.54, 1.807) is 49.6 Å². The van der Waals surface area contributed by atoms with Crippen molar-refractivity contribution in [2.75, 3.05) is 29.4 Å². The van der Waals surface area contributed by atoms with Crippen LogP contribution in [0.15, 0.2) is 58.8 Å². The Morgan fingerprint density at radius 1 is 1.28 bits per heavy atom. The molecule has 3 aromatic rings. The van der Waals surface area contributed by atoms with E-state index in [4.69, 9.17) is 10.6 Å². The first-order valence-corrected chi connectivity index (χ1v) is 9.36. The second-order valence-corrected chi connectivity index (χ2v) is 6.58. The summed E-state index contributed by atoms with van der Waals surface area (Å²) in [5, 5.41) is 14.7. The first-order chi connectivity index (χ1) is 14.1. The van der Waals surface area contributed by atoms with Gasteiger partial charge >= 0.3 is 0 Å². The average Bonchev–Trinajstić information content (AvgIpc) is 3.08. The molecule has 0 saturated carbocycles. The minimum Gasteiger partial charge on any atom is -0.497 e. The molecule has 9 nitrogen and oxygen atoms in total. The van der Waals surface area contributed by atoms with Gasteiger partial charge in [-0.1, -0.05) is 30.0 Å². The fraction of sp³-hybridized carbons (Fsp3) is 0.111. The number of hydrazone groups is 1. The van der Waals surface area contributed by atoms with Gasteiger partial charge in [0.1, 0.15) is 11.6 Å². The van der Waals surface area contributed by atoms with E-state index in [1.807, 2.05) is 0 Å². The van der Waals surface area contributed by atoms with Gasteiger partial charge in [0.15, 0.2) is 0 Å². The molecule has 11 heteroatoms. The number of ether oxygens (including phenoxy) is 1. The highest BCUT2D eigenvalue weighted by Crippen LogP contribution is 2.18.